The molecule has 0 aliphatic carbocycles. The van der Waals surface area contributed by atoms with Crippen LogP contribution in [0.15, 0.2) is 78.9 Å². The van der Waals surface area contributed by atoms with Crippen LogP contribution in [0.2, 0.25) is 0 Å². The van der Waals surface area contributed by atoms with Gasteiger partial charge in [0.25, 0.3) is 5.91 Å². The van der Waals surface area contributed by atoms with E-state index in [-0.39, 0.29) is 11.3 Å². The molecular weight excluding hydrogens is 380 g/mol. The van der Waals surface area contributed by atoms with E-state index < -0.39 is 18.0 Å². The van der Waals surface area contributed by atoms with E-state index in [1.54, 1.807) is 60.7 Å². The van der Waals surface area contributed by atoms with Gasteiger partial charge in [-0.1, -0.05) is 42.5 Å². The molecule has 148 valence electrons. The number of rotatable bonds is 6. The molecule has 0 fully saturated rings. The molecule has 3 aromatic rings. The second-order valence-electron chi connectivity index (χ2n) is 6.50. The minimum Gasteiger partial charge on any atom is -0.449 e. The van der Waals surface area contributed by atoms with E-state index in [0.717, 1.165) is 0 Å². The van der Waals surface area contributed by atoms with Gasteiger partial charge < -0.3 is 10.1 Å². The first-order valence-electron chi connectivity index (χ1n) is 9.20. The first-order chi connectivity index (χ1) is 14.5. The Morgan fingerprint density at radius 3 is 2.00 bits per heavy atom. The third-order valence-electron chi connectivity index (χ3n) is 4.35. The SMILES string of the molecule is C[C@@H](OC(=O)c1ccc(C(=O)c2ccccc2)cc1)C(=O)Nc1ccc(C#N)cc1. The summed E-state index contributed by atoms with van der Waals surface area (Å²) in [6.45, 7) is 1.46. The van der Waals surface area contributed by atoms with Gasteiger partial charge in [0.05, 0.1) is 17.2 Å². The van der Waals surface area contributed by atoms with Crippen LogP contribution < -0.4 is 5.32 Å². The number of carbonyl (C=O) groups excluding carboxylic acids is 3. The summed E-state index contributed by atoms with van der Waals surface area (Å²) in [6.07, 6.45) is -1.03. The molecule has 6 nitrogen and oxygen atoms in total. The van der Waals surface area contributed by atoms with Crippen LogP contribution in [0.25, 0.3) is 0 Å². The van der Waals surface area contributed by atoms with Crippen LogP contribution in [0, 0.1) is 11.3 Å². The van der Waals surface area contributed by atoms with Crippen molar-refractivity contribution in [3.63, 3.8) is 0 Å². The van der Waals surface area contributed by atoms with Gasteiger partial charge in [0.2, 0.25) is 0 Å². The number of nitriles is 1. The van der Waals surface area contributed by atoms with Gasteiger partial charge in [-0.25, -0.2) is 4.79 Å². The Bertz CT molecular complexity index is 1100. The minimum absolute atomic E-state index is 0.148. The third-order valence-corrected chi connectivity index (χ3v) is 4.35. The van der Waals surface area contributed by atoms with Crippen molar-refractivity contribution in [3.05, 3.63) is 101 Å². The zero-order valence-electron chi connectivity index (χ0n) is 16.2. The molecule has 6 heteroatoms. The molecule has 0 unspecified atom stereocenters. The number of amides is 1. The number of ether oxygens (including phenoxy) is 1. The average Bonchev–Trinajstić information content (AvgIpc) is 2.79. The van der Waals surface area contributed by atoms with Crippen LogP contribution >= 0.6 is 0 Å². The van der Waals surface area contributed by atoms with Crippen molar-refractivity contribution in [2.75, 3.05) is 5.32 Å². The van der Waals surface area contributed by atoms with Gasteiger partial charge in [0, 0.05) is 16.8 Å². The number of esters is 1. The molecule has 0 radical (unpaired) electrons. The number of hydrogen-bond donors (Lipinski definition) is 1. The maximum absolute atomic E-state index is 12.4. The van der Waals surface area contributed by atoms with E-state index in [4.69, 9.17) is 10.00 Å². The number of anilines is 1. The fourth-order valence-electron chi connectivity index (χ4n) is 2.67. The summed E-state index contributed by atoms with van der Waals surface area (Å²) in [7, 11) is 0. The molecule has 0 bridgehead atoms. The van der Waals surface area contributed by atoms with E-state index in [2.05, 4.69) is 5.32 Å². The van der Waals surface area contributed by atoms with E-state index in [0.29, 0.717) is 22.4 Å². The lowest BCUT2D eigenvalue weighted by Crippen LogP contribution is -2.30. The van der Waals surface area contributed by atoms with Gasteiger partial charge in [-0.2, -0.15) is 5.26 Å². The molecule has 1 N–H and O–H groups in total. The van der Waals surface area contributed by atoms with Gasteiger partial charge in [-0.3, -0.25) is 9.59 Å². The molecule has 1 amide bonds. The smallest absolute Gasteiger partial charge is 0.338 e. The molecule has 0 aromatic heterocycles. The van der Waals surface area contributed by atoms with E-state index in [1.807, 2.05) is 12.1 Å². The number of nitrogens with zero attached hydrogens (tertiary/aromatic N) is 1. The minimum atomic E-state index is -1.03. The van der Waals surface area contributed by atoms with Crippen LogP contribution in [0.4, 0.5) is 5.69 Å². The molecule has 1 atom stereocenters. The van der Waals surface area contributed by atoms with Crippen LogP contribution in [0.1, 0.15) is 38.8 Å². The molecule has 30 heavy (non-hydrogen) atoms. The summed E-state index contributed by atoms with van der Waals surface area (Å²) in [5, 5.41) is 11.4. The van der Waals surface area contributed by atoms with Gasteiger partial charge in [-0.05, 0) is 43.3 Å². The van der Waals surface area contributed by atoms with E-state index in [9.17, 15) is 14.4 Å². The number of carbonyl (C=O) groups is 3. The Kier molecular flexibility index (Phi) is 6.36. The lowest BCUT2D eigenvalue weighted by Gasteiger charge is -2.13. The van der Waals surface area contributed by atoms with Gasteiger partial charge in [0.1, 0.15) is 0 Å². The molecule has 0 aliphatic heterocycles. The fraction of sp³-hybridized carbons (Fsp3) is 0.0833. The highest BCUT2D eigenvalue weighted by Crippen LogP contribution is 2.14. The van der Waals surface area contributed by atoms with Gasteiger partial charge in [0.15, 0.2) is 11.9 Å². The summed E-state index contributed by atoms with van der Waals surface area (Å²) < 4.78 is 5.21. The molecule has 0 aliphatic rings. The number of ketones is 1. The summed E-state index contributed by atoms with van der Waals surface area (Å²) >= 11 is 0. The number of benzene rings is 3. The Labute approximate surface area is 173 Å². The lowest BCUT2D eigenvalue weighted by molar-refractivity contribution is -0.123. The number of hydrogen-bond acceptors (Lipinski definition) is 5. The highest BCUT2D eigenvalue weighted by Gasteiger charge is 2.19. The van der Waals surface area contributed by atoms with Crippen molar-refractivity contribution in [2.24, 2.45) is 0 Å². The highest BCUT2D eigenvalue weighted by molar-refractivity contribution is 6.09. The summed E-state index contributed by atoms with van der Waals surface area (Å²) in [5.74, 6) is -1.31. The van der Waals surface area contributed by atoms with E-state index >= 15 is 0 Å². The van der Waals surface area contributed by atoms with Crippen molar-refractivity contribution in [3.8, 4) is 6.07 Å². The van der Waals surface area contributed by atoms with Crippen LogP contribution in [0.3, 0.4) is 0 Å². The van der Waals surface area contributed by atoms with Crippen LogP contribution in [-0.2, 0) is 9.53 Å². The molecule has 0 saturated carbocycles. The Hall–Kier alpha value is -4.24. The normalized spacial score (nSPS) is 11.1. The quantitative estimate of drug-likeness (QED) is 0.501. The maximum atomic E-state index is 12.4. The van der Waals surface area contributed by atoms with Crippen molar-refractivity contribution >= 4 is 23.3 Å². The average molecular weight is 398 g/mol. The van der Waals surface area contributed by atoms with Crippen molar-refractivity contribution in [1.29, 1.82) is 5.26 Å². The second kappa shape index (κ2) is 9.30. The Morgan fingerprint density at radius 1 is 0.833 bits per heavy atom. The Balaban J connectivity index is 1.60. The molecule has 0 saturated heterocycles. The molecule has 3 aromatic carbocycles. The molecule has 0 spiro atoms. The number of nitrogens with one attached hydrogen (secondary N) is 1. The zero-order chi connectivity index (χ0) is 21.5. The predicted octanol–water partition coefficient (Wildman–Crippen LogP) is 3.97. The third kappa shape index (κ3) is 4.97. The highest BCUT2D eigenvalue weighted by atomic mass is 16.5. The molecule has 0 heterocycles. The van der Waals surface area contributed by atoms with Crippen molar-refractivity contribution < 1.29 is 19.1 Å². The fourth-order valence-corrected chi connectivity index (χ4v) is 2.67. The topological polar surface area (TPSA) is 96.3 Å². The summed E-state index contributed by atoms with van der Waals surface area (Å²) in [4.78, 5) is 37.0. The van der Waals surface area contributed by atoms with E-state index in [1.165, 1.54) is 19.1 Å². The largest absolute Gasteiger partial charge is 0.449 e. The second-order valence-corrected chi connectivity index (χ2v) is 6.50. The van der Waals surface area contributed by atoms with Crippen molar-refractivity contribution in [2.45, 2.75) is 13.0 Å². The van der Waals surface area contributed by atoms with Gasteiger partial charge >= 0.3 is 5.97 Å². The maximum Gasteiger partial charge on any atom is 0.338 e. The van der Waals surface area contributed by atoms with Crippen LogP contribution in [-0.4, -0.2) is 23.8 Å². The first kappa shape index (κ1) is 20.5. The van der Waals surface area contributed by atoms with Gasteiger partial charge in [-0.15, -0.1) is 0 Å². The Morgan fingerprint density at radius 2 is 1.40 bits per heavy atom. The monoisotopic (exact) mass is 398 g/mol. The lowest BCUT2D eigenvalue weighted by atomic mass is 10.0. The standard InChI is InChI=1S/C24H18N2O4/c1-16(23(28)26-21-13-7-17(15-25)8-14-21)30-24(29)20-11-9-19(10-12-20)22(27)18-5-3-2-4-6-18/h2-14,16H,1H3,(H,26,28)/t16-/m1/s1. The predicted molar refractivity (Wildman–Crippen MR) is 111 cm³/mol. The molecular formula is C24H18N2O4. The summed E-state index contributed by atoms with van der Waals surface area (Å²) in [5.41, 5.74) is 2.20. The first-order valence-corrected chi connectivity index (χ1v) is 9.20. The van der Waals surface area contributed by atoms with Crippen LogP contribution in [0.5, 0.6) is 0 Å². The van der Waals surface area contributed by atoms with Crippen molar-refractivity contribution in [1.82, 2.24) is 0 Å². The zero-order valence-corrected chi connectivity index (χ0v) is 16.2. The molecule has 3 rings (SSSR count). The summed E-state index contributed by atoms with van der Waals surface area (Å²) in [6, 6.07) is 23.2.